The van der Waals surface area contributed by atoms with Gasteiger partial charge in [-0.3, -0.25) is 4.79 Å². The van der Waals surface area contributed by atoms with Crippen LogP contribution < -0.4 is 0 Å². The second kappa shape index (κ2) is 5.24. The van der Waals surface area contributed by atoms with E-state index in [2.05, 4.69) is 14.9 Å². The Morgan fingerprint density at radius 2 is 2.05 bits per heavy atom. The van der Waals surface area contributed by atoms with Crippen LogP contribution in [0.2, 0.25) is 12.6 Å². The van der Waals surface area contributed by atoms with Gasteiger partial charge < -0.3 is 9.92 Å². The molecule has 0 spiro atoms. The molecule has 1 aromatic heterocycles. The second-order valence-corrected chi connectivity index (χ2v) is 5.35. The highest BCUT2D eigenvalue weighted by Gasteiger charge is 2.28. The van der Waals surface area contributed by atoms with Crippen LogP contribution in [0.3, 0.4) is 0 Å². The van der Waals surface area contributed by atoms with Crippen LogP contribution in [0.4, 0.5) is 0 Å². The molecule has 1 fully saturated rings. The predicted octanol–water partition coefficient (Wildman–Crippen LogP) is 1.44. The first-order chi connectivity index (χ1) is 9.65. The number of hydrogen-bond acceptors (Lipinski definition) is 5. The van der Waals surface area contributed by atoms with E-state index in [1.165, 1.54) is 0 Å². The smallest absolute Gasteiger partial charge is 0.289 e. The number of carbonyl (C=O) groups is 1. The minimum Gasteiger partial charge on any atom is -0.450 e. The van der Waals surface area contributed by atoms with Crippen molar-refractivity contribution < 1.29 is 14.4 Å². The zero-order chi connectivity index (χ0) is 14.1. The van der Waals surface area contributed by atoms with Crippen LogP contribution in [0, 0.1) is 0 Å². The monoisotopic (exact) mass is 273 g/mol. The Balaban J connectivity index is 1.77. The van der Waals surface area contributed by atoms with Crippen molar-refractivity contribution >= 4 is 23.9 Å². The summed E-state index contributed by atoms with van der Waals surface area (Å²) < 4.78 is 4.64. The average Bonchev–Trinajstić information content (AvgIpc) is 2.94. The van der Waals surface area contributed by atoms with Crippen LogP contribution in [0.1, 0.15) is 23.2 Å². The maximum atomic E-state index is 12.5. The molecular weight excluding hydrogens is 257 g/mol. The Kier molecular flexibility index (Phi) is 3.44. The summed E-state index contributed by atoms with van der Waals surface area (Å²) in [6, 6.07) is 5.36. The highest BCUT2D eigenvalue weighted by atomic mass is 16.6. The normalized spacial score (nSPS) is 16.6. The molecule has 0 saturated carbocycles. The number of carbonyl (C=O) groups excluding carboxylic acids is 1. The van der Waals surface area contributed by atoms with Gasteiger partial charge in [0.15, 0.2) is 0 Å². The minimum atomic E-state index is -0.215. The molecule has 104 valence electrons. The van der Waals surface area contributed by atoms with Gasteiger partial charge in [-0.2, -0.15) is 0 Å². The predicted molar refractivity (Wildman–Crippen MR) is 74.5 cm³/mol. The lowest BCUT2D eigenvalue weighted by molar-refractivity contribution is 0.0718. The molecule has 1 amide bonds. The van der Waals surface area contributed by atoms with Gasteiger partial charge in [0.05, 0.1) is 0 Å². The molecule has 3 rings (SSSR count). The zero-order valence-electron chi connectivity index (χ0n) is 11.3. The van der Waals surface area contributed by atoms with Crippen molar-refractivity contribution in [2.24, 2.45) is 0 Å². The van der Waals surface area contributed by atoms with Gasteiger partial charge >= 0.3 is 0 Å². The molecule has 0 unspecified atom stereocenters. The quantitative estimate of drug-likeness (QED) is 0.837. The molecular formula is C13H16BN3O3. The molecule has 1 aliphatic heterocycles. The summed E-state index contributed by atoms with van der Waals surface area (Å²) in [4.78, 5) is 14.2. The lowest BCUT2D eigenvalue weighted by atomic mass is 9.55. The Hall–Kier alpha value is -1.89. The first kappa shape index (κ1) is 13.1. The molecule has 0 aliphatic carbocycles. The molecule has 20 heavy (non-hydrogen) atoms. The van der Waals surface area contributed by atoms with Gasteiger partial charge in [-0.15, -0.1) is 0 Å². The van der Waals surface area contributed by atoms with Gasteiger partial charge in [-0.05, 0) is 54.0 Å². The fourth-order valence-corrected chi connectivity index (χ4v) is 2.73. The summed E-state index contributed by atoms with van der Waals surface area (Å²) in [5, 5.41) is 17.0. The number of nitrogens with zero attached hydrogens (tertiary/aromatic N) is 3. The fourth-order valence-electron chi connectivity index (χ4n) is 2.73. The van der Waals surface area contributed by atoms with Crippen molar-refractivity contribution in [2.45, 2.75) is 31.5 Å². The lowest BCUT2D eigenvalue weighted by Crippen LogP contribution is -2.40. The maximum Gasteiger partial charge on any atom is 0.289 e. The van der Waals surface area contributed by atoms with Gasteiger partial charge in [-0.1, -0.05) is 0 Å². The molecule has 6 nitrogen and oxygen atoms in total. The number of amides is 1. The summed E-state index contributed by atoms with van der Waals surface area (Å²) in [5.41, 5.74) is 1.81. The minimum absolute atomic E-state index is 0.0312. The molecule has 1 aromatic carbocycles. The number of hydrogen-bond donors (Lipinski definition) is 1. The Morgan fingerprint density at radius 3 is 2.80 bits per heavy atom. The van der Waals surface area contributed by atoms with Crippen LogP contribution in [0.25, 0.3) is 11.0 Å². The largest absolute Gasteiger partial charge is 0.450 e. The molecule has 1 aliphatic rings. The van der Waals surface area contributed by atoms with Crippen molar-refractivity contribution in [3.8, 4) is 0 Å². The Labute approximate surface area is 116 Å². The third kappa shape index (κ3) is 2.41. The van der Waals surface area contributed by atoms with Crippen LogP contribution in [0.15, 0.2) is 22.8 Å². The van der Waals surface area contributed by atoms with Gasteiger partial charge in [0.2, 0.25) is 0 Å². The lowest BCUT2D eigenvalue weighted by Gasteiger charge is -2.32. The molecule has 0 atom stereocenters. The van der Waals surface area contributed by atoms with Gasteiger partial charge in [0, 0.05) is 18.7 Å². The third-order valence-corrected chi connectivity index (χ3v) is 4.04. The van der Waals surface area contributed by atoms with E-state index in [0.29, 0.717) is 16.6 Å². The van der Waals surface area contributed by atoms with Crippen LogP contribution in [0.5, 0.6) is 0 Å². The summed E-state index contributed by atoms with van der Waals surface area (Å²) in [6.45, 7) is -0.215. The highest BCUT2D eigenvalue weighted by Crippen LogP contribution is 2.23. The summed E-state index contributed by atoms with van der Waals surface area (Å²) in [5.74, 6) is -0.0312. The Bertz CT molecular complexity index is 622. The number of benzene rings is 1. The van der Waals surface area contributed by atoms with E-state index in [4.69, 9.17) is 0 Å². The topological polar surface area (TPSA) is 79.5 Å². The van der Waals surface area contributed by atoms with Crippen molar-refractivity contribution in [1.29, 1.82) is 0 Å². The van der Waals surface area contributed by atoms with Crippen LogP contribution in [-0.4, -0.2) is 46.1 Å². The van der Waals surface area contributed by atoms with Crippen LogP contribution >= 0.6 is 0 Å². The van der Waals surface area contributed by atoms with Crippen LogP contribution in [-0.2, 0) is 0 Å². The van der Waals surface area contributed by atoms with E-state index < -0.39 is 0 Å². The van der Waals surface area contributed by atoms with Gasteiger partial charge in [-0.25, -0.2) is 4.63 Å². The summed E-state index contributed by atoms with van der Waals surface area (Å²) in [7, 11) is 1.82. The summed E-state index contributed by atoms with van der Waals surface area (Å²) in [6.07, 6.45) is 3.21. The SMILES string of the molecule is CN(C(=O)c1ccc2nonc2c1)C1CCB(O)CC1. The van der Waals surface area contributed by atoms with E-state index in [1.54, 1.807) is 23.1 Å². The number of aromatic nitrogens is 2. The molecule has 1 saturated heterocycles. The van der Waals surface area contributed by atoms with E-state index in [0.717, 1.165) is 25.5 Å². The Morgan fingerprint density at radius 1 is 1.35 bits per heavy atom. The first-order valence-electron chi connectivity index (χ1n) is 6.82. The summed E-state index contributed by atoms with van der Waals surface area (Å²) >= 11 is 0. The fraction of sp³-hybridized carbons (Fsp3) is 0.462. The number of fused-ring (bicyclic) bond motifs is 1. The molecule has 0 bridgehead atoms. The average molecular weight is 273 g/mol. The first-order valence-corrected chi connectivity index (χ1v) is 6.82. The number of rotatable bonds is 2. The van der Waals surface area contributed by atoms with Crippen molar-refractivity contribution in [3.05, 3.63) is 23.8 Å². The van der Waals surface area contributed by atoms with Gasteiger partial charge in [0.1, 0.15) is 11.0 Å². The standard InChI is InChI=1S/C13H16BN3O3/c1-17(10-4-6-14(19)7-5-10)13(18)9-2-3-11-12(8-9)16-20-15-11/h2-3,8,10,19H,4-7H2,1H3. The van der Waals surface area contributed by atoms with E-state index >= 15 is 0 Å². The zero-order valence-corrected chi connectivity index (χ0v) is 11.3. The van der Waals surface area contributed by atoms with E-state index in [9.17, 15) is 9.82 Å². The molecule has 1 N–H and O–H groups in total. The van der Waals surface area contributed by atoms with E-state index in [1.807, 2.05) is 7.05 Å². The maximum absolute atomic E-state index is 12.5. The molecule has 2 heterocycles. The molecule has 0 radical (unpaired) electrons. The van der Waals surface area contributed by atoms with Gasteiger partial charge in [0.25, 0.3) is 12.8 Å². The molecule has 2 aromatic rings. The van der Waals surface area contributed by atoms with Crippen molar-refractivity contribution in [1.82, 2.24) is 15.2 Å². The van der Waals surface area contributed by atoms with Crippen molar-refractivity contribution in [2.75, 3.05) is 7.05 Å². The third-order valence-electron chi connectivity index (χ3n) is 4.04. The molecule has 7 heteroatoms. The second-order valence-electron chi connectivity index (χ2n) is 5.35. The highest BCUT2D eigenvalue weighted by molar-refractivity contribution is 6.50. The van der Waals surface area contributed by atoms with Crippen molar-refractivity contribution in [3.63, 3.8) is 0 Å². The van der Waals surface area contributed by atoms with E-state index in [-0.39, 0.29) is 18.9 Å².